The molecule has 0 aromatic rings. The SMILES string of the molecule is C=C1CC/C=C(/COC)C(=O)CC2[C@@H]1C[C@]2(C)COC(C)=O. The van der Waals surface area contributed by atoms with Crippen LogP contribution in [-0.2, 0) is 19.1 Å². The largest absolute Gasteiger partial charge is 0.465 e. The van der Waals surface area contributed by atoms with Gasteiger partial charge in [0.15, 0.2) is 5.78 Å². The van der Waals surface area contributed by atoms with Gasteiger partial charge in [0, 0.05) is 31.4 Å². The van der Waals surface area contributed by atoms with Crippen molar-refractivity contribution in [2.75, 3.05) is 20.3 Å². The lowest BCUT2D eigenvalue weighted by Gasteiger charge is -2.53. The average Bonchev–Trinajstić information content (AvgIpc) is 2.50. The number of carbonyl (C=O) groups is 2. The minimum Gasteiger partial charge on any atom is -0.465 e. The molecule has 1 saturated carbocycles. The quantitative estimate of drug-likeness (QED) is 0.591. The van der Waals surface area contributed by atoms with Crippen molar-refractivity contribution in [2.45, 2.75) is 39.5 Å². The standard InChI is InChI=1S/C18H26O4/c1-12-6-5-7-14(10-21-4)17(20)8-16-15(12)9-18(16,3)11-22-13(2)19/h7,15-16H,1,5-6,8-11H2,2-4H3/b14-7-/t15-,16?,18-/m1/s1. The monoisotopic (exact) mass is 306 g/mol. The Balaban J connectivity index is 2.15. The fourth-order valence-electron chi connectivity index (χ4n) is 3.73. The van der Waals surface area contributed by atoms with Gasteiger partial charge < -0.3 is 9.47 Å². The van der Waals surface area contributed by atoms with Crippen LogP contribution >= 0.6 is 0 Å². The summed E-state index contributed by atoms with van der Waals surface area (Å²) in [6, 6.07) is 0. The number of ether oxygens (including phenoxy) is 2. The Labute approximate surface area is 132 Å². The highest BCUT2D eigenvalue weighted by Crippen LogP contribution is 2.56. The fraction of sp³-hybridized carbons (Fsp3) is 0.667. The lowest BCUT2D eigenvalue weighted by Crippen LogP contribution is -2.50. The van der Waals surface area contributed by atoms with E-state index in [9.17, 15) is 9.59 Å². The minimum absolute atomic E-state index is 0.128. The van der Waals surface area contributed by atoms with Crippen LogP contribution in [0.25, 0.3) is 0 Å². The van der Waals surface area contributed by atoms with Gasteiger partial charge in [-0.3, -0.25) is 9.59 Å². The number of hydrogen-bond donors (Lipinski definition) is 0. The summed E-state index contributed by atoms with van der Waals surface area (Å²) in [4.78, 5) is 23.6. The van der Waals surface area contributed by atoms with Crippen molar-refractivity contribution in [3.05, 3.63) is 23.8 Å². The van der Waals surface area contributed by atoms with Gasteiger partial charge in [0.1, 0.15) is 0 Å². The third-order valence-electron chi connectivity index (χ3n) is 5.12. The number of methoxy groups -OCH3 is 1. The van der Waals surface area contributed by atoms with Crippen molar-refractivity contribution in [3.8, 4) is 0 Å². The normalized spacial score (nSPS) is 34.4. The summed E-state index contributed by atoms with van der Waals surface area (Å²) in [7, 11) is 1.61. The number of esters is 1. The molecule has 3 atom stereocenters. The topological polar surface area (TPSA) is 52.6 Å². The number of Topliss-reactive ketones (excluding diaryl/α,β-unsaturated/α-hetero) is 1. The summed E-state index contributed by atoms with van der Waals surface area (Å²) in [5.74, 6) is 0.447. The van der Waals surface area contributed by atoms with Crippen LogP contribution in [0.1, 0.15) is 39.5 Å². The zero-order chi connectivity index (χ0) is 16.3. The average molecular weight is 306 g/mol. The molecular formula is C18H26O4. The van der Waals surface area contributed by atoms with Gasteiger partial charge in [-0.05, 0) is 31.1 Å². The van der Waals surface area contributed by atoms with Gasteiger partial charge >= 0.3 is 5.97 Å². The van der Waals surface area contributed by atoms with Crippen molar-refractivity contribution >= 4 is 11.8 Å². The molecule has 0 saturated heterocycles. The van der Waals surface area contributed by atoms with Crippen LogP contribution < -0.4 is 0 Å². The molecule has 1 fully saturated rings. The van der Waals surface area contributed by atoms with Crippen LogP contribution in [-0.4, -0.2) is 32.1 Å². The maximum Gasteiger partial charge on any atom is 0.302 e. The maximum atomic E-state index is 12.5. The first-order chi connectivity index (χ1) is 10.4. The Kier molecular flexibility index (Phi) is 5.22. The summed E-state index contributed by atoms with van der Waals surface area (Å²) in [6.45, 7) is 8.49. The van der Waals surface area contributed by atoms with E-state index in [1.807, 2.05) is 6.08 Å². The molecule has 0 bridgehead atoms. The Morgan fingerprint density at radius 3 is 2.86 bits per heavy atom. The van der Waals surface area contributed by atoms with Gasteiger partial charge in [-0.15, -0.1) is 0 Å². The summed E-state index contributed by atoms with van der Waals surface area (Å²) < 4.78 is 10.4. The van der Waals surface area contributed by atoms with Gasteiger partial charge in [0.2, 0.25) is 0 Å². The minimum atomic E-state index is -0.266. The maximum absolute atomic E-state index is 12.5. The van der Waals surface area contributed by atoms with Crippen molar-refractivity contribution in [2.24, 2.45) is 17.3 Å². The zero-order valence-electron chi connectivity index (χ0n) is 13.8. The van der Waals surface area contributed by atoms with Crippen molar-refractivity contribution in [1.82, 2.24) is 0 Å². The van der Waals surface area contributed by atoms with E-state index in [2.05, 4.69) is 13.5 Å². The Bertz CT molecular complexity index is 505. The van der Waals surface area contributed by atoms with E-state index in [0.29, 0.717) is 25.6 Å². The molecule has 0 aliphatic heterocycles. The van der Waals surface area contributed by atoms with E-state index >= 15 is 0 Å². The van der Waals surface area contributed by atoms with Crippen LogP contribution in [0.2, 0.25) is 0 Å². The third-order valence-corrected chi connectivity index (χ3v) is 5.12. The molecule has 4 heteroatoms. The van der Waals surface area contributed by atoms with Gasteiger partial charge in [0.05, 0.1) is 13.2 Å². The second kappa shape index (κ2) is 6.78. The molecular weight excluding hydrogens is 280 g/mol. The molecule has 2 rings (SSSR count). The number of rotatable bonds is 4. The van der Waals surface area contributed by atoms with Crippen molar-refractivity contribution < 1.29 is 19.1 Å². The Hall–Kier alpha value is -1.42. The Morgan fingerprint density at radius 1 is 1.50 bits per heavy atom. The van der Waals surface area contributed by atoms with Crippen LogP contribution in [0.5, 0.6) is 0 Å². The molecule has 1 unspecified atom stereocenters. The molecule has 2 aliphatic rings. The van der Waals surface area contributed by atoms with Gasteiger partial charge in [0.25, 0.3) is 0 Å². The molecule has 22 heavy (non-hydrogen) atoms. The molecule has 0 N–H and O–H groups in total. The third kappa shape index (κ3) is 3.49. The molecule has 2 aliphatic carbocycles. The lowest BCUT2D eigenvalue weighted by molar-refractivity contribution is -0.153. The fourth-order valence-corrected chi connectivity index (χ4v) is 3.73. The predicted molar refractivity (Wildman–Crippen MR) is 84.3 cm³/mol. The highest BCUT2D eigenvalue weighted by atomic mass is 16.5. The zero-order valence-corrected chi connectivity index (χ0v) is 13.8. The molecule has 0 heterocycles. The van der Waals surface area contributed by atoms with E-state index in [-0.39, 0.29) is 23.1 Å². The number of allylic oxidation sites excluding steroid dienone is 2. The van der Waals surface area contributed by atoms with Crippen LogP contribution in [0.4, 0.5) is 0 Å². The molecule has 0 amide bonds. The summed E-state index contributed by atoms with van der Waals surface area (Å²) in [5, 5.41) is 0. The highest BCUT2D eigenvalue weighted by Gasteiger charge is 2.52. The smallest absolute Gasteiger partial charge is 0.302 e. The van der Waals surface area contributed by atoms with E-state index in [1.165, 1.54) is 12.5 Å². The van der Waals surface area contributed by atoms with Gasteiger partial charge in [-0.2, -0.15) is 0 Å². The van der Waals surface area contributed by atoms with E-state index in [1.54, 1.807) is 7.11 Å². The summed E-state index contributed by atoms with van der Waals surface area (Å²) >= 11 is 0. The van der Waals surface area contributed by atoms with Crippen LogP contribution in [0.3, 0.4) is 0 Å². The first kappa shape index (κ1) is 16.9. The van der Waals surface area contributed by atoms with Crippen LogP contribution in [0.15, 0.2) is 23.8 Å². The number of fused-ring (bicyclic) bond motifs is 1. The van der Waals surface area contributed by atoms with E-state index < -0.39 is 0 Å². The summed E-state index contributed by atoms with van der Waals surface area (Å²) in [6.07, 6.45) is 5.16. The number of hydrogen-bond acceptors (Lipinski definition) is 4. The van der Waals surface area contributed by atoms with Gasteiger partial charge in [-0.25, -0.2) is 0 Å². The Morgan fingerprint density at radius 2 is 2.23 bits per heavy atom. The van der Waals surface area contributed by atoms with Crippen molar-refractivity contribution in [3.63, 3.8) is 0 Å². The highest BCUT2D eigenvalue weighted by molar-refractivity contribution is 5.96. The van der Waals surface area contributed by atoms with Crippen molar-refractivity contribution in [1.29, 1.82) is 0 Å². The molecule has 0 radical (unpaired) electrons. The number of ketones is 1. The van der Waals surface area contributed by atoms with E-state index in [4.69, 9.17) is 9.47 Å². The van der Waals surface area contributed by atoms with Crippen LogP contribution in [0, 0.1) is 17.3 Å². The predicted octanol–water partition coefficient (Wildman–Crippen LogP) is 3.07. The second-order valence-corrected chi connectivity index (χ2v) is 6.84. The van der Waals surface area contributed by atoms with E-state index in [0.717, 1.165) is 24.8 Å². The first-order valence-electron chi connectivity index (χ1n) is 7.89. The van der Waals surface area contributed by atoms with Gasteiger partial charge in [-0.1, -0.05) is 25.2 Å². The number of carbonyl (C=O) groups excluding carboxylic acids is 2. The molecule has 0 aromatic heterocycles. The molecule has 4 nitrogen and oxygen atoms in total. The molecule has 122 valence electrons. The molecule has 0 spiro atoms. The lowest BCUT2D eigenvalue weighted by atomic mass is 9.51. The molecule has 0 aromatic carbocycles. The second-order valence-electron chi connectivity index (χ2n) is 6.84. The summed E-state index contributed by atoms with van der Waals surface area (Å²) in [5.41, 5.74) is 1.85. The first-order valence-corrected chi connectivity index (χ1v) is 7.89.